The van der Waals surface area contributed by atoms with Crippen LogP contribution in [0.5, 0.6) is 0 Å². The predicted molar refractivity (Wildman–Crippen MR) is 83.4 cm³/mol. The van der Waals surface area contributed by atoms with E-state index < -0.39 is 0 Å². The van der Waals surface area contributed by atoms with Gasteiger partial charge in [0.05, 0.1) is 5.56 Å². The molecule has 2 rings (SSSR count). The van der Waals surface area contributed by atoms with Crippen molar-refractivity contribution >= 4 is 5.91 Å². The van der Waals surface area contributed by atoms with Crippen molar-refractivity contribution in [1.82, 2.24) is 15.2 Å². The first-order valence-corrected chi connectivity index (χ1v) is 7.57. The molecular weight excluding hydrogens is 266 g/mol. The van der Waals surface area contributed by atoms with E-state index in [-0.39, 0.29) is 17.0 Å². The summed E-state index contributed by atoms with van der Waals surface area (Å²) in [6, 6.07) is 2.93. The highest BCUT2D eigenvalue weighted by molar-refractivity contribution is 5.93. The molecule has 1 saturated carbocycles. The maximum absolute atomic E-state index is 12.2. The highest BCUT2D eigenvalue weighted by atomic mass is 16.1. The number of hydrogen-bond acceptors (Lipinski definition) is 3. The van der Waals surface area contributed by atoms with Gasteiger partial charge in [-0.25, -0.2) is 0 Å². The van der Waals surface area contributed by atoms with Gasteiger partial charge in [-0.15, -0.1) is 0 Å². The zero-order chi connectivity index (χ0) is 15.5. The van der Waals surface area contributed by atoms with Gasteiger partial charge in [0, 0.05) is 24.3 Å². The van der Waals surface area contributed by atoms with Crippen LogP contribution >= 0.6 is 0 Å². The van der Waals surface area contributed by atoms with Crippen molar-refractivity contribution in [3.05, 3.63) is 34.2 Å². The number of H-pyrrole nitrogens is 1. The smallest absolute Gasteiger partial charge is 0.252 e. The first kappa shape index (κ1) is 15.8. The van der Waals surface area contributed by atoms with Crippen LogP contribution in [0.25, 0.3) is 0 Å². The van der Waals surface area contributed by atoms with Crippen LogP contribution in [0.2, 0.25) is 0 Å². The van der Waals surface area contributed by atoms with Crippen molar-refractivity contribution in [3.63, 3.8) is 0 Å². The van der Waals surface area contributed by atoms with Gasteiger partial charge >= 0.3 is 0 Å². The van der Waals surface area contributed by atoms with E-state index in [2.05, 4.69) is 36.2 Å². The van der Waals surface area contributed by atoms with E-state index in [0.717, 1.165) is 12.8 Å². The first-order valence-electron chi connectivity index (χ1n) is 7.57. The fraction of sp³-hybridized carbons (Fsp3) is 0.625. The third-order valence-corrected chi connectivity index (χ3v) is 4.64. The lowest BCUT2D eigenvalue weighted by molar-refractivity contribution is 0.0675. The molecule has 2 N–H and O–H groups in total. The molecule has 0 spiro atoms. The highest BCUT2D eigenvalue weighted by Crippen LogP contribution is 2.35. The summed E-state index contributed by atoms with van der Waals surface area (Å²) >= 11 is 0. The molecule has 0 aliphatic heterocycles. The second kappa shape index (κ2) is 6.43. The summed E-state index contributed by atoms with van der Waals surface area (Å²) in [5.74, 6) is 0.553. The van der Waals surface area contributed by atoms with Crippen molar-refractivity contribution in [1.29, 1.82) is 0 Å². The average molecular weight is 291 g/mol. The number of carbonyl (C=O) groups excluding carboxylic acids is 1. The molecular formula is C16H25N3O2. The molecule has 1 aromatic heterocycles. The summed E-state index contributed by atoms with van der Waals surface area (Å²) in [7, 11) is 4.17. The SMILES string of the molecule is CC1CCCC(CNC(=O)c2ccc(=O)[nH]c2)(N(C)C)C1. The molecule has 0 radical (unpaired) electrons. The number of nitrogens with zero attached hydrogens (tertiary/aromatic N) is 1. The van der Waals surface area contributed by atoms with E-state index >= 15 is 0 Å². The fourth-order valence-electron chi connectivity index (χ4n) is 3.26. The summed E-state index contributed by atoms with van der Waals surface area (Å²) in [6.45, 7) is 2.92. The Labute approximate surface area is 125 Å². The molecule has 1 heterocycles. The number of pyridine rings is 1. The predicted octanol–water partition coefficient (Wildman–Crippen LogP) is 1.62. The van der Waals surface area contributed by atoms with Crippen molar-refractivity contribution in [2.24, 2.45) is 5.92 Å². The number of nitrogens with one attached hydrogen (secondary N) is 2. The van der Waals surface area contributed by atoms with Crippen LogP contribution in [0.4, 0.5) is 0 Å². The summed E-state index contributed by atoms with van der Waals surface area (Å²) < 4.78 is 0. The molecule has 116 valence electrons. The fourth-order valence-corrected chi connectivity index (χ4v) is 3.26. The van der Waals surface area contributed by atoms with Crippen molar-refractivity contribution < 1.29 is 4.79 Å². The second-order valence-electron chi connectivity index (χ2n) is 6.44. The summed E-state index contributed by atoms with van der Waals surface area (Å²) in [5, 5.41) is 3.03. The minimum Gasteiger partial charge on any atom is -0.350 e. The number of rotatable bonds is 4. The molecule has 1 amide bonds. The van der Waals surface area contributed by atoms with E-state index in [1.807, 2.05) is 0 Å². The van der Waals surface area contributed by atoms with Crippen LogP contribution in [0.15, 0.2) is 23.1 Å². The molecule has 5 nitrogen and oxygen atoms in total. The molecule has 0 bridgehead atoms. The molecule has 1 aliphatic rings. The van der Waals surface area contributed by atoms with Crippen LogP contribution in [0.1, 0.15) is 43.0 Å². The quantitative estimate of drug-likeness (QED) is 0.886. The van der Waals surface area contributed by atoms with Gasteiger partial charge in [-0.1, -0.05) is 19.8 Å². The molecule has 21 heavy (non-hydrogen) atoms. The van der Waals surface area contributed by atoms with Gasteiger partial charge in [0.25, 0.3) is 5.91 Å². The Bertz CT molecular complexity index is 532. The van der Waals surface area contributed by atoms with E-state index in [4.69, 9.17) is 0 Å². The van der Waals surface area contributed by atoms with Gasteiger partial charge in [-0.3, -0.25) is 9.59 Å². The number of carbonyl (C=O) groups is 1. The lowest BCUT2D eigenvalue weighted by atomic mass is 9.75. The first-order chi connectivity index (χ1) is 9.93. The normalized spacial score (nSPS) is 25.8. The Morgan fingerprint density at radius 3 is 2.81 bits per heavy atom. The zero-order valence-corrected chi connectivity index (χ0v) is 13.1. The monoisotopic (exact) mass is 291 g/mol. The van der Waals surface area contributed by atoms with Gasteiger partial charge in [0.15, 0.2) is 0 Å². The number of aromatic nitrogens is 1. The second-order valence-corrected chi connectivity index (χ2v) is 6.44. The van der Waals surface area contributed by atoms with Crippen LogP contribution < -0.4 is 10.9 Å². The third kappa shape index (κ3) is 3.73. The number of likely N-dealkylation sites (N-methyl/N-ethyl adjacent to an activating group) is 1. The van der Waals surface area contributed by atoms with Gasteiger partial charge in [-0.2, -0.15) is 0 Å². The maximum Gasteiger partial charge on any atom is 0.252 e. The Balaban J connectivity index is 2.03. The van der Waals surface area contributed by atoms with E-state index in [0.29, 0.717) is 18.0 Å². The number of hydrogen-bond donors (Lipinski definition) is 2. The van der Waals surface area contributed by atoms with Crippen molar-refractivity contribution in [2.45, 2.75) is 38.1 Å². The van der Waals surface area contributed by atoms with Gasteiger partial charge in [0.2, 0.25) is 5.56 Å². The third-order valence-electron chi connectivity index (χ3n) is 4.64. The van der Waals surface area contributed by atoms with Crippen LogP contribution in [-0.4, -0.2) is 42.0 Å². The topological polar surface area (TPSA) is 65.2 Å². The number of amides is 1. The Morgan fingerprint density at radius 2 is 2.24 bits per heavy atom. The average Bonchev–Trinajstić information content (AvgIpc) is 2.45. The minimum atomic E-state index is -0.197. The summed E-state index contributed by atoms with van der Waals surface area (Å²) in [4.78, 5) is 28.0. The van der Waals surface area contributed by atoms with Crippen LogP contribution in [0.3, 0.4) is 0 Å². The summed E-state index contributed by atoms with van der Waals surface area (Å²) in [6.07, 6.45) is 6.14. The molecule has 2 unspecified atom stereocenters. The van der Waals surface area contributed by atoms with Gasteiger partial charge in [-0.05, 0) is 38.9 Å². The maximum atomic E-state index is 12.2. The lowest BCUT2D eigenvalue weighted by Crippen LogP contribution is -2.55. The lowest BCUT2D eigenvalue weighted by Gasteiger charge is -2.45. The zero-order valence-electron chi connectivity index (χ0n) is 13.1. The highest BCUT2D eigenvalue weighted by Gasteiger charge is 2.37. The van der Waals surface area contributed by atoms with Crippen LogP contribution in [-0.2, 0) is 0 Å². The molecule has 5 heteroatoms. The molecule has 0 aromatic carbocycles. The number of aromatic amines is 1. The van der Waals surface area contributed by atoms with E-state index in [1.54, 1.807) is 6.07 Å². The standard InChI is InChI=1S/C16H25N3O2/c1-12-5-4-8-16(9-12,19(2)3)11-18-15(21)13-6-7-14(20)17-10-13/h6-7,10,12H,4-5,8-9,11H2,1-3H3,(H,17,20)(H,18,21). The Kier molecular flexibility index (Phi) is 4.83. The largest absolute Gasteiger partial charge is 0.350 e. The van der Waals surface area contributed by atoms with Crippen molar-refractivity contribution in [2.75, 3.05) is 20.6 Å². The molecule has 1 aliphatic carbocycles. The van der Waals surface area contributed by atoms with E-state index in [1.165, 1.54) is 25.1 Å². The van der Waals surface area contributed by atoms with E-state index in [9.17, 15) is 9.59 Å². The summed E-state index contributed by atoms with van der Waals surface area (Å²) in [5.41, 5.74) is 0.333. The van der Waals surface area contributed by atoms with Gasteiger partial charge in [0.1, 0.15) is 0 Å². The molecule has 1 fully saturated rings. The molecule has 1 aromatic rings. The molecule has 2 atom stereocenters. The van der Waals surface area contributed by atoms with Gasteiger partial charge < -0.3 is 15.2 Å². The van der Waals surface area contributed by atoms with Crippen molar-refractivity contribution in [3.8, 4) is 0 Å². The minimum absolute atomic E-state index is 0.0372. The molecule has 0 saturated heterocycles. The Morgan fingerprint density at radius 1 is 1.48 bits per heavy atom. The van der Waals surface area contributed by atoms with Crippen LogP contribution in [0, 0.1) is 5.92 Å². The Hall–Kier alpha value is -1.62.